The van der Waals surface area contributed by atoms with Gasteiger partial charge in [-0.3, -0.25) is 9.69 Å². The summed E-state index contributed by atoms with van der Waals surface area (Å²) in [4.78, 5) is 16.5. The van der Waals surface area contributed by atoms with Crippen molar-refractivity contribution in [3.63, 3.8) is 0 Å². The Morgan fingerprint density at radius 2 is 1.87 bits per heavy atom. The van der Waals surface area contributed by atoms with Crippen LogP contribution in [0.2, 0.25) is 0 Å². The second kappa shape index (κ2) is 5.25. The molecule has 0 fully saturated rings. The molecule has 2 aliphatic heterocycles. The van der Waals surface area contributed by atoms with E-state index in [-0.39, 0.29) is 5.91 Å². The molecule has 0 N–H and O–H groups in total. The molecule has 0 aromatic heterocycles. The number of anilines is 1. The second-order valence-electron chi connectivity index (χ2n) is 5.49. The van der Waals surface area contributed by atoms with Crippen molar-refractivity contribution >= 4 is 38.0 Å². The number of fused-ring (bicyclic) bond motifs is 3. The van der Waals surface area contributed by atoms with Gasteiger partial charge in [0.25, 0.3) is 5.91 Å². The Morgan fingerprint density at radius 1 is 1.09 bits per heavy atom. The van der Waals surface area contributed by atoms with Gasteiger partial charge in [0.15, 0.2) is 0 Å². The first-order chi connectivity index (χ1) is 11.2. The number of carbonyl (C=O) groups excluding carboxylic acids is 1. The highest BCUT2D eigenvalue weighted by atomic mass is 32.1. The summed E-state index contributed by atoms with van der Waals surface area (Å²) in [6, 6.07) is 15.7. The van der Waals surface area contributed by atoms with E-state index in [0.717, 1.165) is 38.0 Å². The normalized spacial score (nSPS) is 15.8. The highest BCUT2D eigenvalue weighted by Gasteiger charge is 2.33. The Hall–Kier alpha value is -2.59. The van der Waals surface area contributed by atoms with Crippen molar-refractivity contribution < 1.29 is 9.53 Å². The second-order valence-corrected chi connectivity index (χ2v) is 6.52. The lowest BCUT2D eigenvalue weighted by Gasteiger charge is -2.27. The van der Waals surface area contributed by atoms with E-state index in [4.69, 9.17) is 4.74 Å². The largest absolute Gasteiger partial charge is 0.497 e. The van der Waals surface area contributed by atoms with E-state index in [0.29, 0.717) is 0 Å². The molecule has 23 heavy (non-hydrogen) atoms. The molecule has 2 aliphatic rings. The van der Waals surface area contributed by atoms with Gasteiger partial charge in [-0.25, -0.2) is 0 Å². The molecule has 3 nitrogen and oxygen atoms in total. The number of ether oxygens (including phenoxy) is 1. The molecule has 0 aliphatic carbocycles. The van der Waals surface area contributed by atoms with Gasteiger partial charge in [-0.05, 0) is 36.3 Å². The van der Waals surface area contributed by atoms with E-state index in [9.17, 15) is 4.79 Å². The first-order valence-electron chi connectivity index (χ1n) is 7.37. The van der Waals surface area contributed by atoms with Gasteiger partial charge in [-0.2, -0.15) is 0 Å². The lowest BCUT2D eigenvalue weighted by molar-refractivity contribution is -0.111. The molecule has 0 spiro atoms. The quantitative estimate of drug-likeness (QED) is 0.792. The monoisotopic (exact) mass is 321 g/mol. The molecule has 4 heteroatoms. The molecular formula is C19H15NO2S. The molecule has 2 aromatic rings. The van der Waals surface area contributed by atoms with Crippen LogP contribution in [0, 0.1) is 0 Å². The summed E-state index contributed by atoms with van der Waals surface area (Å²) in [7, 11) is 3.17. The van der Waals surface area contributed by atoms with Gasteiger partial charge in [-0.15, -0.1) is 10.9 Å². The van der Waals surface area contributed by atoms with Crippen molar-refractivity contribution in [1.82, 2.24) is 0 Å². The summed E-state index contributed by atoms with van der Waals surface area (Å²) in [5, 5.41) is 0. The number of rotatable bonds is 2. The smallest absolute Gasteiger partial charge is 0.274 e. The first kappa shape index (κ1) is 14.0. The molecule has 2 heterocycles. The van der Waals surface area contributed by atoms with Crippen LogP contribution in [0.1, 0.15) is 18.1 Å². The van der Waals surface area contributed by atoms with E-state index >= 15 is 0 Å². The Bertz CT molecular complexity index is 922. The maximum absolute atomic E-state index is 13.0. The number of nitrogens with zero attached hydrogens (tertiary/aromatic N) is 1. The van der Waals surface area contributed by atoms with E-state index < -0.39 is 0 Å². The van der Waals surface area contributed by atoms with Crippen LogP contribution in [0.25, 0.3) is 5.57 Å². The minimum Gasteiger partial charge on any atom is -0.497 e. The van der Waals surface area contributed by atoms with Gasteiger partial charge in [0, 0.05) is 11.6 Å². The van der Waals surface area contributed by atoms with Crippen molar-refractivity contribution in [3.05, 3.63) is 65.7 Å². The van der Waals surface area contributed by atoms with Gasteiger partial charge in [0.2, 0.25) is 0 Å². The number of hydrogen-bond acceptors (Lipinski definition) is 2. The average Bonchev–Trinajstić information content (AvgIpc) is 2.92. The maximum atomic E-state index is 13.0. The first-order valence-corrected chi connectivity index (χ1v) is 8.19. The Kier molecular flexibility index (Phi) is 3.20. The van der Waals surface area contributed by atoms with E-state index in [2.05, 4.69) is 13.0 Å². The summed E-state index contributed by atoms with van der Waals surface area (Å²) in [5.41, 5.74) is 4.07. The summed E-state index contributed by atoms with van der Waals surface area (Å²) in [6.07, 6.45) is 2.08. The summed E-state index contributed by atoms with van der Waals surface area (Å²) < 4.78 is 5.33. The zero-order valence-electron chi connectivity index (χ0n) is 12.9. The molecule has 0 atom stereocenters. The van der Waals surface area contributed by atoms with Gasteiger partial charge in [0.1, 0.15) is 15.6 Å². The highest BCUT2D eigenvalue weighted by molar-refractivity contribution is 8.01. The third-order valence-corrected chi connectivity index (χ3v) is 5.19. The lowest BCUT2D eigenvalue weighted by atomic mass is 9.99. The zero-order chi connectivity index (χ0) is 16.0. The van der Waals surface area contributed by atoms with Crippen LogP contribution in [-0.4, -0.2) is 22.9 Å². The van der Waals surface area contributed by atoms with Crippen LogP contribution >= 0.6 is 10.9 Å². The highest BCUT2D eigenvalue weighted by Crippen LogP contribution is 2.37. The van der Waals surface area contributed by atoms with E-state index in [1.54, 1.807) is 12.0 Å². The average molecular weight is 321 g/mol. The van der Waals surface area contributed by atoms with Crippen LogP contribution in [0.5, 0.6) is 5.75 Å². The lowest BCUT2D eigenvalue weighted by Crippen LogP contribution is -2.37. The maximum Gasteiger partial charge on any atom is 0.274 e. The zero-order valence-corrected chi connectivity index (χ0v) is 13.7. The fraction of sp³-hybridized carbons (Fsp3) is 0.105. The Labute approximate surface area is 138 Å². The SMILES string of the molecule is COc1ccc2c(c1)N1C(=O)C(c3ccccc3)=S=C1C=C2C. The number of methoxy groups -OCH3 is 1. The number of benzene rings is 2. The van der Waals surface area contributed by atoms with Gasteiger partial charge in [-0.1, -0.05) is 30.3 Å². The number of amides is 1. The summed E-state index contributed by atoms with van der Waals surface area (Å²) in [5.74, 6) is 0.776. The molecule has 0 unspecified atom stereocenters. The van der Waals surface area contributed by atoms with Crippen molar-refractivity contribution in [2.75, 3.05) is 12.0 Å². The van der Waals surface area contributed by atoms with Crippen LogP contribution in [0.15, 0.2) is 54.6 Å². The van der Waals surface area contributed by atoms with Crippen molar-refractivity contribution in [2.45, 2.75) is 6.92 Å². The van der Waals surface area contributed by atoms with E-state index in [1.807, 2.05) is 48.5 Å². The third kappa shape index (κ3) is 2.14. The molecule has 4 rings (SSSR count). The fourth-order valence-corrected chi connectivity index (χ4v) is 4.06. The van der Waals surface area contributed by atoms with Gasteiger partial charge in [0.05, 0.1) is 12.8 Å². The Morgan fingerprint density at radius 3 is 2.61 bits per heavy atom. The molecule has 0 saturated carbocycles. The van der Waals surface area contributed by atoms with Crippen molar-refractivity contribution in [2.24, 2.45) is 0 Å². The third-order valence-electron chi connectivity index (χ3n) is 4.07. The fourth-order valence-electron chi connectivity index (χ4n) is 2.91. The minimum atomic E-state index is 0.0226. The molecule has 0 bridgehead atoms. The van der Waals surface area contributed by atoms with Crippen LogP contribution in [-0.2, 0) is 4.79 Å². The molecule has 0 radical (unpaired) electrons. The molecule has 1 amide bonds. The van der Waals surface area contributed by atoms with Gasteiger partial charge < -0.3 is 4.74 Å². The summed E-state index contributed by atoms with van der Waals surface area (Å²) in [6.45, 7) is 2.07. The van der Waals surface area contributed by atoms with E-state index in [1.165, 1.54) is 10.9 Å². The number of hydrogen-bond donors (Lipinski definition) is 0. The number of carbonyl (C=O) groups is 1. The van der Waals surface area contributed by atoms with Crippen molar-refractivity contribution in [1.29, 1.82) is 0 Å². The Balaban J connectivity index is 1.89. The van der Waals surface area contributed by atoms with Crippen LogP contribution in [0.4, 0.5) is 5.69 Å². The topological polar surface area (TPSA) is 29.5 Å². The minimum absolute atomic E-state index is 0.0226. The number of allylic oxidation sites excluding steroid dienone is 1. The summed E-state index contributed by atoms with van der Waals surface area (Å²) >= 11 is 0. The molecule has 114 valence electrons. The predicted molar refractivity (Wildman–Crippen MR) is 97.3 cm³/mol. The molecular weight excluding hydrogens is 306 g/mol. The predicted octanol–water partition coefficient (Wildman–Crippen LogP) is 3.54. The van der Waals surface area contributed by atoms with Gasteiger partial charge >= 0.3 is 0 Å². The standard InChI is InChI=1S/C19H15NO2S/c1-12-10-17-20(16-11-14(22-2)8-9-15(12)16)19(21)18(23-17)13-6-4-3-5-7-13/h3-11H,1-2H3. The molecule has 2 aromatic carbocycles. The van der Waals surface area contributed by atoms with Crippen molar-refractivity contribution in [3.8, 4) is 5.75 Å². The van der Waals surface area contributed by atoms with Crippen LogP contribution in [0.3, 0.4) is 0 Å². The van der Waals surface area contributed by atoms with Crippen LogP contribution < -0.4 is 9.64 Å². The molecule has 0 saturated heterocycles.